The van der Waals surface area contributed by atoms with Crippen molar-refractivity contribution in [2.24, 2.45) is 0 Å². The van der Waals surface area contributed by atoms with Crippen LogP contribution in [0.1, 0.15) is 36.0 Å². The summed E-state index contributed by atoms with van der Waals surface area (Å²) in [4.78, 5) is 11.8. The standard InChI is InChI=1S/C12H12BrF2NO/c13-11-9(15)6-5-8(14)10(11)12(17)16-7-3-1-2-4-7/h5-7H,1-4H2,(H,16,17). The summed E-state index contributed by atoms with van der Waals surface area (Å²) in [5.41, 5.74) is -0.253. The van der Waals surface area contributed by atoms with E-state index in [4.69, 9.17) is 0 Å². The van der Waals surface area contributed by atoms with Gasteiger partial charge in [0.1, 0.15) is 11.6 Å². The highest BCUT2D eigenvalue weighted by molar-refractivity contribution is 9.10. The molecular formula is C12H12BrF2NO. The predicted octanol–water partition coefficient (Wildman–Crippen LogP) is 3.40. The number of rotatable bonds is 2. The molecule has 1 N–H and O–H groups in total. The first-order valence-corrected chi connectivity index (χ1v) is 6.33. The molecule has 5 heteroatoms. The molecule has 0 unspecified atom stereocenters. The van der Waals surface area contributed by atoms with E-state index in [0.717, 1.165) is 37.8 Å². The van der Waals surface area contributed by atoms with Crippen LogP contribution in [-0.4, -0.2) is 11.9 Å². The van der Waals surface area contributed by atoms with E-state index < -0.39 is 17.5 Å². The van der Waals surface area contributed by atoms with Gasteiger partial charge in [-0.3, -0.25) is 4.79 Å². The average Bonchev–Trinajstić information content (AvgIpc) is 2.77. The molecule has 0 atom stereocenters. The maximum absolute atomic E-state index is 13.5. The molecule has 1 amide bonds. The molecule has 1 aromatic carbocycles. The Morgan fingerprint density at radius 1 is 1.24 bits per heavy atom. The van der Waals surface area contributed by atoms with Gasteiger partial charge in [-0.1, -0.05) is 12.8 Å². The lowest BCUT2D eigenvalue weighted by Crippen LogP contribution is -2.33. The van der Waals surface area contributed by atoms with Gasteiger partial charge in [0.2, 0.25) is 0 Å². The van der Waals surface area contributed by atoms with Crippen molar-refractivity contribution in [3.8, 4) is 0 Å². The lowest BCUT2D eigenvalue weighted by Gasteiger charge is -2.13. The molecule has 0 spiro atoms. The zero-order chi connectivity index (χ0) is 12.4. The zero-order valence-corrected chi connectivity index (χ0v) is 10.7. The summed E-state index contributed by atoms with van der Waals surface area (Å²) in [6.45, 7) is 0. The SMILES string of the molecule is O=C(NC1CCCC1)c1c(F)ccc(F)c1Br. The molecule has 2 rings (SSSR count). The second-order valence-electron chi connectivity index (χ2n) is 4.17. The first-order chi connectivity index (χ1) is 8.09. The van der Waals surface area contributed by atoms with Crippen LogP contribution in [0.4, 0.5) is 8.78 Å². The molecule has 0 aliphatic heterocycles. The molecule has 0 bridgehead atoms. The summed E-state index contributed by atoms with van der Waals surface area (Å²) >= 11 is 2.91. The van der Waals surface area contributed by atoms with E-state index >= 15 is 0 Å². The van der Waals surface area contributed by atoms with Crippen LogP contribution >= 0.6 is 15.9 Å². The first-order valence-electron chi connectivity index (χ1n) is 5.54. The van der Waals surface area contributed by atoms with Crippen LogP contribution in [0.25, 0.3) is 0 Å². The minimum absolute atomic E-state index is 0.0806. The lowest BCUT2D eigenvalue weighted by atomic mass is 10.1. The fourth-order valence-electron chi connectivity index (χ4n) is 2.06. The van der Waals surface area contributed by atoms with E-state index in [1.54, 1.807) is 0 Å². The number of nitrogens with one attached hydrogen (secondary N) is 1. The Morgan fingerprint density at radius 3 is 2.47 bits per heavy atom. The molecule has 0 heterocycles. The maximum atomic E-state index is 13.5. The van der Waals surface area contributed by atoms with E-state index in [1.165, 1.54) is 0 Å². The number of benzene rings is 1. The summed E-state index contributed by atoms with van der Waals surface area (Å²) in [5, 5.41) is 2.73. The number of carbonyl (C=O) groups is 1. The zero-order valence-electron chi connectivity index (χ0n) is 9.10. The molecule has 1 saturated carbocycles. The molecule has 0 aromatic heterocycles. The number of hydrogen-bond acceptors (Lipinski definition) is 1. The summed E-state index contributed by atoms with van der Waals surface area (Å²) in [6, 6.07) is 2.03. The van der Waals surface area contributed by atoms with Gasteiger partial charge in [-0.2, -0.15) is 0 Å². The van der Waals surface area contributed by atoms with Gasteiger partial charge in [0.05, 0.1) is 10.0 Å². The van der Waals surface area contributed by atoms with Crippen molar-refractivity contribution >= 4 is 21.8 Å². The monoisotopic (exact) mass is 303 g/mol. The molecule has 2 nitrogen and oxygen atoms in total. The van der Waals surface area contributed by atoms with Crippen molar-refractivity contribution in [3.05, 3.63) is 33.8 Å². The van der Waals surface area contributed by atoms with E-state index in [2.05, 4.69) is 21.2 Å². The second kappa shape index (κ2) is 5.12. The molecule has 1 aliphatic carbocycles. The third kappa shape index (κ3) is 2.65. The van der Waals surface area contributed by atoms with Gasteiger partial charge in [0.25, 0.3) is 5.91 Å². The van der Waals surface area contributed by atoms with Crippen LogP contribution in [0.3, 0.4) is 0 Å². The molecule has 0 radical (unpaired) electrons. The van der Waals surface area contributed by atoms with Crippen LogP contribution in [0, 0.1) is 11.6 Å². The lowest BCUT2D eigenvalue weighted by molar-refractivity contribution is 0.0932. The van der Waals surface area contributed by atoms with E-state index in [9.17, 15) is 13.6 Å². The average molecular weight is 304 g/mol. The van der Waals surface area contributed by atoms with Crippen LogP contribution in [0.15, 0.2) is 16.6 Å². The highest BCUT2D eigenvalue weighted by atomic mass is 79.9. The topological polar surface area (TPSA) is 29.1 Å². The van der Waals surface area contributed by atoms with Crippen LogP contribution in [0.2, 0.25) is 0 Å². The fourth-order valence-corrected chi connectivity index (χ4v) is 2.56. The third-order valence-corrected chi connectivity index (χ3v) is 3.74. The van der Waals surface area contributed by atoms with Crippen molar-refractivity contribution < 1.29 is 13.6 Å². The van der Waals surface area contributed by atoms with Crippen LogP contribution in [-0.2, 0) is 0 Å². The largest absolute Gasteiger partial charge is 0.349 e. The number of hydrogen-bond donors (Lipinski definition) is 1. The number of carbonyl (C=O) groups excluding carboxylic acids is 1. The number of amides is 1. The van der Waals surface area contributed by atoms with Gasteiger partial charge in [0, 0.05) is 6.04 Å². The van der Waals surface area contributed by atoms with Crippen molar-refractivity contribution in [2.45, 2.75) is 31.7 Å². The van der Waals surface area contributed by atoms with Crippen molar-refractivity contribution in [2.75, 3.05) is 0 Å². The van der Waals surface area contributed by atoms with Gasteiger partial charge in [-0.05, 0) is 40.9 Å². The Morgan fingerprint density at radius 2 is 1.82 bits per heavy atom. The van der Waals surface area contributed by atoms with Crippen LogP contribution < -0.4 is 5.32 Å². The summed E-state index contributed by atoms with van der Waals surface area (Å²) in [7, 11) is 0. The fraction of sp³-hybridized carbons (Fsp3) is 0.417. The Bertz CT molecular complexity index is 444. The second-order valence-corrected chi connectivity index (χ2v) is 4.97. The van der Waals surface area contributed by atoms with Crippen LogP contribution in [0.5, 0.6) is 0 Å². The highest BCUT2D eigenvalue weighted by Gasteiger charge is 2.23. The minimum atomic E-state index is -0.714. The third-order valence-electron chi connectivity index (χ3n) is 2.96. The van der Waals surface area contributed by atoms with Crippen molar-refractivity contribution in [3.63, 3.8) is 0 Å². The van der Waals surface area contributed by atoms with Gasteiger partial charge in [0.15, 0.2) is 0 Å². The number of halogens is 3. The molecule has 17 heavy (non-hydrogen) atoms. The predicted molar refractivity (Wildman–Crippen MR) is 63.8 cm³/mol. The minimum Gasteiger partial charge on any atom is -0.349 e. The van der Waals surface area contributed by atoms with E-state index in [-0.39, 0.29) is 16.1 Å². The van der Waals surface area contributed by atoms with E-state index in [1.807, 2.05) is 0 Å². The van der Waals surface area contributed by atoms with Crippen molar-refractivity contribution in [1.29, 1.82) is 0 Å². The summed E-state index contributed by atoms with van der Waals surface area (Å²) in [5.74, 6) is -1.91. The van der Waals surface area contributed by atoms with Gasteiger partial charge in [-0.25, -0.2) is 8.78 Å². The Labute approximate surface area is 107 Å². The molecule has 0 saturated heterocycles. The first kappa shape index (κ1) is 12.5. The van der Waals surface area contributed by atoms with Gasteiger partial charge >= 0.3 is 0 Å². The smallest absolute Gasteiger partial charge is 0.255 e. The highest BCUT2D eigenvalue weighted by Crippen LogP contribution is 2.24. The van der Waals surface area contributed by atoms with Crippen molar-refractivity contribution in [1.82, 2.24) is 5.32 Å². The molecule has 92 valence electrons. The Balaban J connectivity index is 2.21. The van der Waals surface area contributed by atoms with E-state index in [0.29, 0.717) is 0 Å². The molecule has 1 aliphatic rings. The molecule has 1 fully saturated rings. The summed E-state index contributed by atoms with van der Waals surface area (Å²) < 4.78 is 26.6. The quantitative estimate of drug-likeness (QED) is 0.834. The molecular weight excluding hydrogens is 292 g/mol. The Kier molecular flexibility index (Phi) is 3.76. The molecule has 1 aromatic rings. The van der Waals surface area contributed by atoms with Gasteiger partial charge in [-0.15, -0.1) is 0 Å². The maximum Gasteiger partial charge on any atom is 0.255 e. The summed E-state index contributed by atoms with van der Waals surface area (Å²) in [6.07, 6.45) is 3.94. The normalized spacial score (nSPS) is 16.2. The Hall–Kier alpha value is -0.970. The van der Waals surface area contributed by atoms with Gasteiger partial charge < -0.3 is 5.32 Å².